The van der Waals surface area contributed by atoms with E-state index in [1.807, 2.05) is 55.5 Å². The first-order chi connectivity index (χ1) is 18.2. The molecule has 38 heavy (non-hydrogen) atoms. The molecule has 2 saturated heterocycles. The van der Waals surface area contributed by atoms with E-state index >= 15 is 4.11 Å². The molecule has 9 heteroatoms. The molecule has 0 aliphatic carbocycles. The zero-order valence-corrected chi connectivity index (χ0v) is 23.4. The number of aliphatic hydroxyl groups is 1. The van der Waals surface area contributed by atoms with E-state index in [1.165, 1.54) is 0 Å². The summed E-state index contributed by atoms with van der Waals surface area (Å²) in [6, 6.07) is 15.3. The molecule has 1 unspecified atom stereocenters. The number of halogens is 1. The van der Waals surface area contributed by atoms with Crippen molar-refractivity contribution in [2.75, 3.05) is 29.9 Å². The van der Waals surface area contributed by atoms with Crippen LogP contribution in [-0.4, -0.2) is 51.1 Å². The van der Waals surface area contributed by atoms with Crippen molar-refractivity contribution < 1.29 is 23.5 Å². The van der Waals surface area contributed by atoms with Crippen LogP contribution in [0.5, 0.6) is 0 Å². The number of carbonyl (C=O) groups is 2. The standard InChI is InChI=1S/C29H38FN3O4Si/c1-19-26(38(2,3)30)25(13-15-34)37-29(19)23-16-22(32-27(35)21-10-7-14-31-17-21)11-12-24(23)33(28(29)36)18-20-8-5-4-6-9-20/h4-6,8-9,11-12,16,19,21,25-26,31,34H,7,10,13-15,17-18H2,1-3H3,(H,32,35)/t19-,21?,25+,26-,29+/m0/s1. The van der Waals surface area contributed by atoms with Crippen LogP contribution in [0.2, 0.25) is 18.6 Å². The molecule has 1 spiro atoms. The van der Waals surface area contributed by atoms with E-state index in [9.17, 15) is 14.7 Å². The summed E-state index contributed by atoms with van der Waals surface area (Å²) < 4.78 is 22.4. The number of hydrogen-bond donors (Lipinski definition) is 3. The molecule has 2 fully saturated rings. The number of nitrogens with zero attached hydrogens (tertiary/aromatic N) is 1. The van der Waals surface area contributed by atoms with Crippen molar-refractivity contribution in [3.8, 4) is 0 Å². The number of amides is 2. The highest BCUT2D eigenvalue weighted by molar-refractivity contribution is 6.72. The Hall–Kier alpha value is -2.59. The maximum Gasteiger partial charge on any atom is 0.264 e. The molecule has 7 nitrogen and oxygen atoms in total. The van der Waals surface area contributed by atoms with E-state index in [0.29, 0.717) is 30.0 Å². The third kappa shape index (κ3) is 4.70. The molecule has 2 aromatic carbocycles. The summed E-state index contributed by atoms with van der Waals surface area (Å²) in [5.41, 5.74) is 1.11. The van der Waals surface area contributed by atoms with Gasteiger partial charge in [0.1, 0.15) is 0 Å². The van der Waals surface area contributed by atoms with Gasteiger partial charge in [0, 0.05) is 35.9 Å². The minimum Gasteiger partial charge on any atom is -0.396 e. The predicted molar refractivity (Wildman–Crippen MR) is 148 cm³/mol. The third-order valence-electron chi connectivity index (χ3n) is 8.49. The lowest BCUT2D eigenvalue weighted by Crippen LogP contribution is -2.45. The fourth-order valence-corrected chi connectivity index (χ4v) is 9.31. The van der Waals surface area contributed by atoms with Gasteiger partial charge < -0.3 is 29.5 Å². The van der Waals surface area contributed by atoms with Crippen LogP contribution in [0, 0.1) is 11.8 Å². The van der Waals surface area contributed by atoms with E-state index < -0.39 is 31.6 Å². The normalized spacial score (nSPS) is 29.1. The minimum atomic E-state index is -3.27. The van der Waals surface area contributed by atoms with Gasteiger partial charge in [0.15, 0.2) is 5.60 Å². The Labute approximate surface area is 224 Å². The Balaban J connectivity index is 1.56. The van der Waals surface area contributed by atoms with Gasteiger partial charge in [0.25, 0.3) is 5.91 Å². The average Bonchev–Trinajstić information content (AvgIpc) is 3.32. The molecule has 0 bridgehead atoms. The molecule has 0 radical (unpaired) electrons. The van der Waals surface area contributed by atoms with Gasteiger partial charge in [0.05, 0.1) is 24.3 Å². The summed E-state index contributed by atoms with van der Waals surface area (Å²) in [6.07, 6.45) is 1.49. The second-order valence-corrected chi connectivity index (χ2v) is 15.2. The Bertz CT molecular complexity index is 1180. The van der Waals surface area contributed by atoms with Crippen molar-refractivity contribution in [3.63, 3.8) is 0 Å². The number of benzene rings is 2. The third-order valence-corrected chi connectivity index (χ3v) is 11.0. The summed E-state index contributed by atoms with van der Waals surface area (Å²) in [4.78, 5) is 29.1. The van der Waals surface area contributed by atoms with E-state index in [1.54, 1.807) is 18.0 Å². The lowest BCUT2D eigenvalue weighted by molar-refractivity contribution is -0.146. The van der Waals surface area contributed by atoms with E-state index in [4.69, 9.17) is 4.74 Å². The number of aliphatic hydroxyl groups excluding tert-OH is 1. The molecule has 0 saturated carbocycles. The quantitative estimate of drug-likeness (QED) is 0.360. The van der Waals surface area contributed by atoms with Gasteiger partial charge in [-0.3, -0.25) is 9.59 Å². The van der Waals surface area contributed by atoms with Crippen molar-refractivity contribution >= 4 is 31.6 Å². The van der Waals surface area contributed by atoms with Gasteiger partial charge in [-0.1, -0.05) is 37.3 Å². The Morgan fingerprint density at radius 3 is 2.68 bits per heavy atom. The fourth-order valence-electron chi connectivity index (χ4n) is 6.77. The topological polar surface area (TPSA) is 90.9 Å². The van der Waals surface area contributed by atoms with Crippen molar-refractivity contribution in [2.24, 2.45) is 11.8 Å². The van der Waals surface area contributed by atoms with Crippen LogP contribution >= 0.6 is 0 Å². The number of piperidine rings is 1. The zero-order valence-electron chi connectivity index (χ0n) is 22.4. The summed E-state index contributed by atoms with van der Waals surface area (Å²) in [7, 11) is -3.27. The highest BCUT2D eigenvalue weighted by atomic mass is 28.4. The van der Waals surface area contributed by atoms with Crippen LogP contribution in [0.1, 0.15) is 37.3 Å². The van der Waals surface area contributed by atoms with Gasteiger partial charge in [-0.25, -0.2) is 0 Å². The second kappa shape index (κ2) is 10.5. The molecule has 3 aliphatic rings. The van der Waals surface area contributed by atoms with Crippen molar-refractivity contribution in [3.05, 3.63) is 59.7 Å². The number of nitrogens with one attached hydrogen (secondary N) is 2. The molecular weight excluding hydrogens is 501 g/mol. The Kier molecular flexibility index (Phi) is 7.47. The highest BCUT2D eigenvalue weighted by Gasteiger charge is 2.66. The van der Waals surface area contributed by atoms with Crippen LogP contribution in [0.25, 0.3) is 0 Å². The molecule has 0 aromatic heterocycles. The second-order valence-electron chi connectivity index (χ2n) is 11.4. The van der Waals surface area contributed by atoms with Crippen LogP contribution in [0.3, 0.4) is 0 Å². The van der Waals surface area contributed by atoms with E-state index in [-0.39, 0.29) is 30.8 Å². The van der Waals surface area contributed by atoms with Gasteiger partial charge in [0.2, 0.25) is 14.3 Å². The molecule has 5 atom stereocenters. The predicted octanol–water partition coefficient (Wildman–Crippen LogP) is 4.33. The summed E-state index contributed by atoms with van der Waals surface area (Å²) in [5.74, 6) is -0.815. The van der Waals surface area contributed by atoms with E-state index in [0.717, 1.165) is 24.9 Å². The number of carbonyl (C=O) groups excluding carboxylic acids is 2. The SMILES string of the molecule is C[C@H]1[C@H]([Si](C)(C)F)[C@@H](CCO)O[C@]12C(=O)N(Cc1ccccc1)c1ccc(NC(=O)C3CCCNC3)cc12. The average molecular weight is 540 g/mol. The molecule has 3 N–H and O–H groups in total. The van der Waals surface area contributed by atoms with E-state index in [2.05, 4.69) is 10.6 Å². The summed E-state index contributed by atoms with van der Waals surface area (Å²) in [5, 5.41) is 16.1. The number of ether oxygens (including phenoxy) is 1. The van der Waals surface area contributed by atoms with Crippen molar-refractivity contribution in [2.45, 2.75) is 63.1 Å². The molecule has 2 amide bonds. The summed E-state index contributed by atoms with van der Waals surface area (Å²) >= 11 is 0. The van der Waals surface area contributed by atoms with Crippen LogP contribution in [0.15, 0.2) is 48.5 Å². The first-order valence-electron chi connectivity index (χ1n) is 13.7. The lowest BCUT2D eigenvalue weighted by atomic mass is 9.82. The summed E-state index contributed by atoms with van der Waals surface area (Å²) in [6.45, 7) is 6.98. The molecular formula is C29H38FN3O4Si. The van der Waals surface area contributed by atoms with Gasteiger partial charge in [-0.2, -0.15) is 0 Å². The van der Waals surface area contributed by atoms with Crippen LogP contribution < -0.4 is 15.5 Å². The van der Waals surface area contributed by atoms with Gasteiger partial charge >= 0.3 is 0 Å². The number of hydrogen-bond acceptors (Lipinski definition) is 5. The molecule has 3 aliphatic heterocycles. The zero-order chi connectivity index (χ0) is 27.1. The number of fused-ring (bicyclic) bond motifs is 2. The largest absolute Gasteiger partial charge is 0.396 e. The van der Waals surface area contributed by atoms with Crippen molar-refractivity contribution in [1.29, 1.82) is 0 Å². The Morgan fingerprint density at radius 1 is 1.26 bits per heavy atom. The maximum atomic E-state index is 15.7. The minimum absolute atomic E-state index is 0.0506. The van der Waals surface area contributed by atoms with Crippen LogP contribution in [-0.2, 0) is 26.5 Å². The molecule has 5 rings (SSSR count). The van der Waals surface area contributed by atoms with Gasteiger partial charge in [-0.05, 0) is 62.7 Å². The lowest BCUT2D eigenvalue weighted by Gasteiger charge is -2.31. The molecule has 3 heterocycles. The highest BCUT2D eigenvalue weighted by Crippen LogP contribution is 2.60. The first-order valence-corrected chi connectivity index (χ1v) is 16.6. The maximum absolute atomic E-state index is 15.7. The van der Waals surface area contributed by atoms with Crippen LogP contribution in [0.4, 0.5) is 15.5 Å². The fraction of sp³-hybridized carbons (Fsp3) is 0.517. The monoisotopic (exact) mass is 539 g/mol. The number of rotatable bonds is 7. The van der Waals surface area contributed by atoms with Crippen molar-refractivity contribution in [1.82, 2.24) is 5.32 Å². The van der Waals surface area contributed by atoms with Gasteiger partial charge in [-0.15, -0.1) is 0 Å². The Morgan fingerprint density at radius 2 is 2.03 bits per heavy atom. The number of anilines is 2. The molecule has 2 aromatic rings. The first kappa shape index (κ1) is 27.0. The molecule has 204 valence electrons. The smallest absolute Gasteiger partial charge is 0.264 e.